The molecule has 1 saturated heterocycles. The van der Waals surface area contributed by atoms with Gasteiger partial charge in [0.1, 0.15) is 0 Å². The number of nitrogens with one attached hydrogen (secondary N) is 1. The van der Waals surface area contributed by atoms with E-state index in [0.717, 1.165) is 19.4 Å². The van der Waals surface area contributed by atoms with E-state index in [1.165, 1.54) is 0 Å². The zero-order valence-electron chi connectivity index (χ0n) is 6.03. The van der Waals surface area contributed by atoms with Gasteiger partial charge in [-0.2, -0.15) is 0 Å². The summed E-state index contributed by atoms with van der Waals surface area (Å²) in [6.45, 7) is 4.95. The summed E-state index contributed by atoms with van der Waals surface area (Å²) in [5, 5.41) is 2.82. The second-order valence-electron chi connectivity index (χ2n) is 2.92. The van der Waals surface area contributed by atoms with Crippen LogP contribution in [-0.2, 0) is 4.79 Å². The lowest BCUT2D eigenvalue weighted by atomic mass is 9.86. The molecule has 9 heavy (non-hydrogen) atoms. The highest BCUT2D eigenvalue weighted by Crippen LogP contribution is 2.28. The van der Waals surface area contributed by atoms with Crippen LogP contribution in [0.3, 0.4) is 0 Å². The lowest BCUT2D eigenvalue weighted by molar-refractivity contribution is -0.126. The first-order valence-corrected chi connectivity index (χ1v) is 3.47. The molecule has 0 aliphatic carbocycles. The molecule has 0 aromatic rings. The predicted octanol–water partition coefficient (Wildman–Crippen LogP) is 0.923. The van der Waals surface area contributed by atoms with Gasteiger partial charge in [0.15, 0.2) is 0 Å². The lowest BCUT2D eigenvalue weighted by Gasteiger charge is -2.16. The molecule has 0 unspecified atom stereocenters. The number of carbonyl (C=O) groups is 1. The zero-order chi connectivity index (χ0) is 6.91. The van der Waals surface area contributed by atoms with Gasteiger partial charge in [0.2, 0.25) is 5.91 Å². The average Bonchev–Trinajstić information content (AvgIpc) is 2.15. The Kier molecular flexibility index (Phi) is 1.47. The molecule has 0 radical (unpaired) electrons. The summed E-state index contributed by atoms with van der Waals surface area (Å²) in [4.78, 5) is 11.0. The van der Waals surface area contributed by atoms with Gasteiger partial charge in [-0.3, -0.25) is 4.79 Å². The monoisotopic (exact) mass is 127 g/mol. The van der Waals surface area contributed by atoms with E-state index < -0.39 is 0 Å². The topological polar surface area (TPSA) is 29.1 Å². The van der Waals surface area contributed by atoms with Crippen LogP contribution in [0.4, 0.5) is 0 Å². The van der Waals surface area contributed by atoms with Crippen molar-refractivity contribution in [3.05, 3.63) is 0 Å². The zero-order valence-corrected chi connectivity index (χ0v) is 6.03. The maximum absolute atomic E-state index is 11.0. The van der Waals surface area contributed by atoms with Crippen LogP contribution in [0, 0.1) is 5.41 Å². The summed E-state index contributed by atoms with van der Waals surface area (Å²) in [7, 11) is 0. The predicted molar refractivity (Wildman–Crippen MR) is 36.0 cm³/mol. The standard InChI is InChI=1S/C7H13NO/c1-3-7(2)4-5-8-6(7)9/h3-5H2,1-2H3,(H,8,9)/t7-/m0/s1. The summed E-state index contributed by atoms with van der Waals surface area (Å²) in [6.07, 6.45) is 1.96. The van der Waals surface area contributed by atoms with E-state index in [1.54, 1.807) is 0 Å². The molecule has 2 heteroatoms. The molecule has 1 fully saturated rings. The van der Waals surface area contributed by atoms with Crippen molar-refractivity contribution in [3.63, 3.8) is 0 Å². The van der Waals surface area contributed by atoms with E-state index >= 15 is 0 Å². The smallest absolute Gasteiger partial charge is 0.225 e. The second-order valence-corrected chi connectivity index (χ2v) is 2.92. The third-order valence-electron chi connectivity index (χ3n) is 2.29. The lowest BCUT2D eigenvalue weighted by Crippen LogP contribution is -2.27. The number of carbonyl (C=O) groups excluding carboxylic acids is 1. The minimum absolute atomic E-state index is 0.0556. The first-order valence-electron chi connectivity index (χ1n) is 3.47. The second kappa shape index (κ2) is 2.01. The van der Waals surface area contributed by atoms with E-state index in [2.05, 4.69) is 12.2 Å². The summed E-state index contributed by atoms with van der Waals surface area (Å²) in [5.41, 5.74) is -0.0556. The molecule has 52 valence electrons. The molecule has 0 bridgehead atoms. The SMILES string of the molecule is CC[C@@]1(C)CCNC1=O. The van der Waals surface area contributed by atoms with Gasteiger partial charge in [0, 0.05) is 12.0 Å². The molecular weight excluding hydrogens is 114 g/mol. The van der Waals surface area contributed by atoms with Crippen LogP contribution in [0.15, 0.2) is 0 Å². The van der Waals surface area contributed by atoms with E-state index in [9.17, 15) is 4.79 Å². The Morgan fingerprint density at radius 3 is 2.67 bits per heavy atom. The van der Waals surface area contributed by atoms with Crippen molar-refractivity contribution < 1.29 is 4.79 Å². The third kappa shape index (κ3) is 0.934. The fourth-order valence-corrected chi connectivity index (χ4v) is 1.12. The van der Waals surface area contributed by atoms with Crippen molar-refractivity contribution in [2.24, 2.45) is 5.41 Å². The van der Waals surface area contributed by atoms with Crippen LogP contribution in [0.5, 0.6) is 0 Å². The molecule has 1 N–H and O–H groups in total. The highest BCUT2D eigenvalue weighted by Gasteiger charge is 2.35. The molecule has 1 heterocycles. The van der Waals surface area contributed by atoms with Crippen molar-refractivity contribution >= 4 is 5.91 Å². The Labute approximate surface area is 55.6 Å². The van der Waals surface area contributed by atoms with Gasteiger partial charge >= 0.3 is 0 Å². The van der Waals surface area contributed by atoms with Crippen LogP contribution >= 0.6 is 0 Å². The minimum atomic E-state index is -0.0556. The van der Waals surface area contributed by atoms with Crippen LogP contribution in [0.1, 0.15) is 26.7 Å². The van der Waals surface area contributed by atoms with Crippen LogP contribution in [0.2, 0.25) is 0 Å². The van der Waals surface area contributed by atoms with Crippen molar-refractivity contribution in [2.75, 3.05) is 6.54 Å². The van der Waals surface area contributed by atoms with Crippen molar-refractivity contribution in [1.29, 1.82) is 0 Å². The Hall–Kier alpha value is -0.530. The van der Waals surface area contributed by atoms with Crippen molar-refractivity contribution in [1.82, 2.24) is 5.32 Å². The molecular formula is C7H13NO. The largest absolute Gasteiger partial charge is 0.356 e. The fourth-order valence-electron chi connectivity index (χ4n) is 1.12. The Morgan fingerprint density at radius 2 is 2.44 bits per heavy atom. The van der Waals surface area contributed by atoms with E-state index in [0.29, 0.717) is 0 Å². The highest BCUT2D eigenvalue weighted by molar-refractivity contribution is 5.84. The van der Waals surface area contributed by atoms with Gasteiger partial charge in [-0.1, -0.05) is 13.8 Å². The van der Waals surface area contributed by atoms with Crippen LogP contribution < -0.4 is 5.32 Å². The van der Waals surface area contributed by atoms with Gasteiger partial charge in [-0.05, 0) is 12.8 Å². The average molecular weight is 127 g/mol. The van der Waals surface area contributed by atoms with Crippen molar-refractivity contribution in [2.45, 2.75) is 26.7 Å². The minimum Gasteiger partial charge on any atom is -0.356 e. The first-order chi connectivity index (χ1) is 4.19. The van der Waals surface area contributed by atoms with Crippen LogP contribution in [0.25, 0.3) is 0 Å². The van der Waals surface area contributed by atoms with E-state index in [4.69, 9.17) is 0 Å². The third-order valence-corrected chi connectivity index (χ3v) is 2.29. The molecule has 1 atom stereocenters. The fraction of sp³-hybridized carbons (Fsp3) is 0.857. The Morgan fingerprint density at radius 1 is 1.78 bits per heavy atom. The summed E-state index contributed by atoms with van der Waals surface area (Å²) in [6, 6.07) is 0. The molecule has 1 aliphatic rings. The molecule has 1 rings (SSSR count). The van der Waals surface area contributed by atoms with Gasteiger partial charge in [-0.25, -0.2) is 0 Å². The maximum Gasteiger partial charge on any atom is 0.225 e. The van der Waals surface area contributed by atoms with Gasteiger partial charge in [0.05, 0.1) is 0 Å². The van der Waals surface area contributed by atoms with Crippen LogP contribution in [-0.4, -0.2) is 12.5 Å². The summed E-state index contributed by atoms with van der Waals surface area (Å²) >= 11 is 0. The quantitative estimate of drug-likeness (QED) is 0.557. The molecule has 0 aromatic carbocycles. The van der Waals surface area contributed by atoms with Gasteiger partial charge in [-0.15, -0.1) is 0 Å². The Balaban J connectivity index is 2.67. The molecule has 2 nitrogen and oxygen atoms in total. The van der Waals surface area contributed by atoms with E-state index in [1.807, 2.05) is 6.92 Å². The number of hydrogen-bond acceptors (Lipinski definition) is 1. The number of hydrogen-bond donors (Lipinski definition) is 1. The molecule has 1 aliphatic heterocycles. The van der Waals surface area contributed by atoms with Crippen molar-refractivity contribution in [3.8, 4) is 0 Å². The van der Waals surface area contributed by atoms with Gasteiger partial charge < -0.3 is 5.32 Å². The summed E-state index contributed by atoms with van der Waals surface area (Å²) < 4.78 is 0. The number of amides is 1. The highest BCUT2D eigenvalue weighted by atomic mass is 16.2. The maximum atomic E-state index is 11.0. The normalized spacial score (nSPS) is 34.7. The summed E-state index contributed by atoms with van der Waals surface area (Å²) in [5.74, 6) is 0.227. The number of rotatable bonds is 1. The first kappa shape index (κ1) is 6.59. The van der Waals surface area contributed by atoms with Gasteiger partial charge in [0.25, 0.3) is 0 Å². The molecule has 0 aromatic heterocycles. The Bertz CT molecular complexity index is 133. The molecule has 0 saturated carbocycles. The van der Waals surface area contributed by atoms with E-state index in [-0.39, 0.29) is 11.3 Å². The molecule has 1 amide bonds. The molecule has 0 spiro atoms.